The molecule has 0 aliphatic rings. The van der Waals surface area contributed by atoms with E-state index in [2.05, 4.69) is 234 Å². The molecule has 0 amide bonds. The van der Waals surface area contributed by atoms with Gasteiger partial charge in [-0.1, -0.05) is 134 Å². The summed E-state index contributed by atoms with van der Waals surface area (Å²) in [5.74, 6) is 4.23. The lowest BCUT2D eigenvalue weighted by molar-refractivity contribution is -0.634. The summed E-state index contributed by atoms with van der Waals surface area (Å²) in [7, 11) is 6.48. The Morgan fingerprint density at radius 3 is 1.26 bits per heavy atom. The molecule has 3 heterocycles. The first-order valence-corrected chi connectivity index (χ1v) is 20.8. The van der Waals surface area contributed by atoms with E-state index in [0.29, 0.717) is 23.7 Å². The molecule has 5 heteroatoms. The van der Waals surface area contributed by atoms with E-state index < -0.39 is 0 Å². The van der Waals surface area contributed by atoms with E-state index in [9.17, 15) is 0 Å². The molecule has 8 aromatic rings. The Labute approximate surface area is 340 Å². The number of para-hydroxylation sites is 6. The molecule has 3 aromatic heterocycles. The topological polar surface area (TPSA) is 22.5 Å². The molecule has 0 fully saturated rings. The highest BCUT2D eigenvalue weighted by atomic mass is 15.2. The molecule has 0 spiro atoms. The van der Waals surface area contributed by atoms with Crippen LogP contribution in [-0.2, 0) is 21.1 Å². The third-order valence-corrected chi connectivity index (χ3v) is 11.7. The number of fused-ring (bicyclic) bond motifs is 2. The third kappa shape index (κ3) is 7.03. The van der Waals surface area contributed by atoms with Gasteiger partial charge in [0.25, 0.3) is 5.82 Å². The van der Waals surface area contributed by atoms with Crippen LogP contribution in [0, 0.1) is 6.92 Å². The van der Waals surface area contributed by atoms with Gasteiger partial charge in [-0.25, -0.2) is 9.13 Å². The molecule has 0 aliphatic heterocycles. The van der Waals surface area contributed by atoms with Gasteiger partial charge < -0.3 is 4.57 Å². The van der Waals surface area contributed by atoms with Crippen molar-refractivity contribution in [3.8, 4) is 34.3 Å². The lowest BCUT2D eigenvalue weighted by Crippen LogP contribution is -2.31. The standard InChI is InChI=1S/C27H31N2.C25H30N3/c1-18(2)21-14-11-15-22(19(3)4)26(21)29-25-17-10-9-16-24(25)28(6)27(29)23-13-8-7-12-20(23)5;1-17(2)19-11-9-12-20(18(3)4)24(19)28-22-14-8-7-13-21(22)27(6)25(28)23-15-10-16-26(23)5/h7-19H,1-6H3;7-18H,1-6H3/q2*+1. The zero-order chi connectivity index (χ0) is 40.7. The van der Waals surface area contributed by atoms with Crippen LogP contribution in [0.5, 0.6) is 0 Å². The van der Waals surface area contributed by atoms with Crippen LogP contribution in [0.15, 0.2) is 128 Å². The van der Waals surface area contributed by atoms with E-state index in [0.717, 1.165) is 0 Å². The number of hydrogen-bond donors (Lipinski definition) is 0. The van der Waals surface area contributed by atoms with Gasteiger partial charge in [0, 0.05) is 35.5 Å². The molecular weight excluding hydrogens is 695 g/mol. The summed E-state index contributed by atoms with van der Waals surface area (Å²) in [4.78, 5) is 0. The highest BCUT2D eigenvalue weighted by Crippen LogP contribution is 2.38. The van der Waals surface area contributed by atoms with Gasteiger partial charge in [0.05, 0.1) is 19.7 Å². The number of aromatic nitrogens is 5. The molecule has 292 valence electrons. The number of benzene rings is 5. The summed E-state index contributed by atoms with van der Waals surface area (Å²) in [5.41, 5.74) is 17.0. The van der Waals surface area contributed by atoms with Crippen molar-refractivity contribution in [2.24, 2.45) is 21.1 Å². The van der Waals surface area contributed by atoms with Crippen molar-refractivity contribution in [2.75, 3.05) is 0 Å². The number of aryl methyl sites for hydroxylation is 4. The lowest BCUT2D eigenvalue weighted by atomic mass is 9.92. The fourth-order valence-electron chi connectivity index (χ4n) is 8.73. The van der Waals surface area contributed by atoms with Crippen LogP contribution in [-0.4, -0.2) is 13.7 Å². The van der Waals surface area contributed by atoms with Gasteiger partial charge in [0.2, 0.25) is 0 Å². The highest BCUT2D eigenvalue weighted by Gasteiger charge is 2.33. The predicted octanol–water partition coefficient (Wildman–Crippen LogP) is 12.4. The Morgan fingerprint density at radius 1 is 0.439 bits per heavy atom. The van der Waals surface area contributed by atoms with Crippen molar-refractivity contribution < 1.29 is 9.13 Å². The Hall–Kier alpha value is -5.68. The normalized spacial score (nSPS) is 11.8. The van der Waals surface area contributed by atoms with Gasteiger partial charge in [-0.05, 0) is 78.6 Å². The minimum atomic E-state index is 0.444. The van der Waals surface area contributed by atoms with Gasteiger partial charge in [-0.2, -0.15) is 9.13 Å². The average Bonchev–Trinajstić information content (AvgIpc) is 3.84. The van der Waals surface area contributed by atoms with Crippen LogP contribution in [0.4, 0.5) is 0 Å². The summed E-state index contributed by atoms with van der Waals surface area (Å²) in [6.07, 6.45) is 2.12. The van der Waals surface area contributed by atoms with Crippen molar-refractivity contribution in [3.05, 3.63) is 155 Å². The van der Waals surface area contributed by atoms with Crippen LogP contribution in [0.3, 0.4) is 0 Å². The first-order valence-electron chi connectivity index (χ1n) is 20.8. The van der Waals surface area contributed by atoms with Gasteiger partial charge in [-0.3, -0.25) is 0 Å². The summed E-state index contributed by atoms with van der Waals surface area (Å²) in [5, 5.41) is 0. The van der Waals surface area contributed by atoms with Gasteiger partial charge in [0.1, 0.15) is 17.1 Å². The monoisotopic (exact) mass is 755 g/mol. The number of nitrogens with zero attached hydrogens (tertiary/aromatic N) is 5. The third-order valence-electron chi connectivity index (χ3n) is 11.7. The maximum Gasteiger partial charge on any atom is 0.311 e. The minimum Gasteiger partial charge on any atom is -0.344 e. The van der Waals surface area contributed by atoms with Crippen molar-refractivity contribution in [2.45, 2.75) is 86.0 Å². The molecule has 0 aliphatic carbocycles. The molecule has 0 radical (unpaired) electrons. The molecule has 5 aromatic carbocycles. The second-order valence-electron chi connectivity index (χ2n) is 16.9. The molecule has 0 unspecified atom stereocenters. The van der Waals surface area contributed by atoms with Gasteiger partial charge in [0.15, 0.2) is 22.1 Å². The molecule has 8 rings (SSSR count). The van der Waals surface area contributed by atoms with Crippen molar-refractivity contribution in [1.29, 1.82) is 0 Å². The summed E-state index contributed by atoms with van der Waals surface area (Å²) < 4.78 is 11.9. The van der Waals surface area contributed by atoms with Crippen LogP contribution in [0.2, 0.25) is 0 Å². The van der Waals surface area contributed by atoms with E-state index >= 15 is 0 Å². The lowest BCUT2D eigenvalue weighted by Gasteiger charge is -2.18. The van der Waals surface area contributed by atoms with Gasteiger partial charge in [-0.15, -0.1) is 0 Å². The van der Waals surface area contributed by atoms with E-state index in [1.807, 2.05) is 0 Å². The number of rotatable bonds is 8. The summed E-state index contributed by atoms with van der Waals surface area (Å²) in [6.45, 7) is 20.5. The zero-order valence-corrected chi connectivity index (χ0v) is 36.2. The Bertz CT molecular complexity index is 2640. The van der Waals surface area contributed by atoms with Crippen molar-refractivity contribution in [1.82, 2.24) is 13.7 Å². The predicted molar refractivity (Wildman–Crippen MR) is 240 cm³/mol. The maximum absolute atomic E-state index is 2.50. The molecule has 0 saturated heterocycles. The van der Waals surface area contributed by atoms with Crippen LogP contribution < -0.4 is 9.13 Å². The molecule has 0 N–H and O–H groups in total. The zero-order valence-electron chi connectivity index (χ0n) is 36.2. The molecule has 0 atom stereocenters. The molecular formula is C52H61N5+2. The van der Waals surface area contributed by atoms with Crippen molar-refractivity contribution >= 4 is 22.1 Å². The van der Waals surface area contributed by atoms with E-state index in [4.69, 9.17) is 0 Å². The average molecular weight is 756 g/mol. The number of imidazole rings is 2. The first kappa shape index (κ1) is 39.6. The summed E-state index contributed by atoms with van der Waals surface area (Å²) in [6, 6.07) is 44.1. The fourth-order valence-corrected chi connectivity index (χ4v) is 8.73. The second-order valence-corrected chi connectivity index (χ2v) is 16.9. The second kappa shape index (κ2) is 16.1. The number of hydrogen-bond acceptors (Lipinski definition) is 0. The summed E-state index contributed by atoms with van der Waals surface area (Å²) >= 11 is 0. The quantitative estimate of drug-likeness (QED) is 0.138. The smallest absolute Gasteiger partial charge is 0.311 e. The largest absolute Gasteiger partial charge is 0.344 e. The molecule has 0 bridgehead atoms. The first-order chi connectivity index (χ1) is 27.3. The van der Waals surface area contributed by atoms with Crippen LogP contribution in [0.25, 0.3) is 56.3 Å². The van der Waals surface area contributed by atoms with Crippen molar-refractivity contribution in [3.63, 3.8) is 0 Å². The van der Waals surface area contributed by atoms with Crippen LogP contribution >= 0.6 is 0 Å². The van der Waals surface area contributed by atoms with E-state index in [1.165, 1.54) is 84.2 Å². The Kier molecular flexibility index (Phi) is 11.1. The van der Waals surface area contributed by atoms with Crippen LogP contribution in [0.1, 0.15) is 107 Å². The Morgan fingerprint density at radius 2 is 0.842 bits per heavy atom. The fraction of sp³-hybridized carbons (Fsp3) is 0.308. The maximum atomic E-state index is 2.50. The SMILES string of the molecule is CC(C)c1cccc(C(C)C)c1-n1c(-c2cccn2C)[n+](C)c2ccccc21.Cc1ccccc1-c1n(-c2c(C(C)C)cccc2C(C)C)c2ccccc2[n+]1C. The Balaban J connectivity index is 0.000000174. The minimum absolute atomic E-state index is 0.444. The highest BCUT2D eigenvalue weighted by molar-refractivity contribution is 5.82. The van der Waals surface area contributed by atoms with Gasteiger partial charge >= 0.3 is 5.82 Å². The van der Waals surface area contributed by atoms with E-state index in [-0.39, 0.29) is 0 Å². The van der Waals surface area contributed by atoms with E-state index in [1.54, 1.807) is 0 Å². The molecule has 5 nitrogen and oxygen atoms in total. The molecule has 57 heavy (non-hydrogen) atoms. The molecule has 0 saturated carbocycles.